The number of nitrogens with one attached hydrogen (secondary N) is 1. The van der Waals surface area contributed by atoms with Crippen LogP contribution in [0.25, 0.3) is 0 Å². The zero-order valence-electron chi connectivity index (χ0n) is 7.02. The number of hydrogen-bond donors (Lipinski definition) is 2. The lowest BCUT2D eigenvalue weighted by molar-refractivity contribution is -0.141. The number of aromatic nitrogens is 2. The molecule has 1 aromatic rings. The molecule has 0 atom stereocenters. The van der Waals surface area contributed by atoms with E-state index in [0.717, 1.165) is 5.56 Å². The molecule has 0 saturated carbocycles. The molecule has 1 aromatic heterocycles. The maximum Gasteiger partial charge on any atom is 0.332 e. The van der Waals surface area contributed by atoms with Gasteiger partial charge in [-0.25, -0.2) is 20.2 Å². The van der Waals surface area contributed by atoms with Gasteiger partial charge >= 0.3 is 5.97 Å². The summed E-state index contributed by atoms with van der Waals surface area (Å²) in [4.78, 5) is 22.3. The smallest absolute Gasteiger partial charge is 0.332 e. The summed E-state index contributed by atoms with van der Waals surface area (Å²) in [7, 11) is 0. The van der Waals surface area contributed by atoms with Gasteiger partial charge in [-0.2, -0.15) is 0 Å². The molecule has 1 heterocycles. The van der Waals surface area contributed by atoms with Crippen LogP contribution < -0.4 is 5.48 Å². The van der Waals surface area contributed by atoms with Crippen LogP contribution in [-0.4, -0.2) is 27.7 Å². The quantitative estimate of drug-likeness (QED) is 0.649. The Bertz CT molecular complexity index is 286. The summed E-state index contributed by atoms with van der Waals surface area (Å²) >= 11 is 0. The molecule has 1 rings (SSSR count). The summed E-state index contributed by atoms with van der Waals surface area (Å²) in [6, 6.07) is 0. The average molecular weight is 183 g/mol. The Morgan fingerprint density at radius 2 is 2.23 bits per heavy atom. The van der Waals surface area contributed by atoms with Gasteiger partial charge in [-0.15, -0.1) is 0 Å². The number of carbonyl (C=O) groups is 1. The maximum absolute atomic E-state index is 10.0. The van der Waals surface area contributed by atoms with Gasteiger partial charge in [-0.05, 0) is 12.5 Å². The first-order valence-corrected chi connectivity index (χ1v) is 3.57. The van der Waals surface area contributed by atoms with Gasteiger partial charge in [0.05, 0.1) is 0 Å². The third kappa shape index (κ3) is 3.48. The van der Waals surface area contributed by atoms with E-state index in [0.29, 0.717) is 0 Å². The Labute approximate surface area is 74.5 Å². The van der Waals surface area contributed by atoms with E-state index in [1.807, 2.05) is 6.92 Å². The second-order valence-corrected chi connectivity index (χ2v) is 2.37. The summed E-state index contributed by atoms with van der Waals surface area (Å²) in [5, 5.41) is 8.23. The fraction of sp³-hybridized carbons (Fsp3) is 0.286. The molecule has 2 N–H and O–H groups in total. The fourth-order valence-electron chi connectivity index (χ4n) is 0.608. The Hall–Kier alpha value is -1.69. The molecule has 13 heavy (non-hydrogen) atoms. The van der Waals surface area contributed by atoms with E-state index in [1.54, 1.807) is 12.4 Å². The van der Waals surface area contributed by atoms with Crippen molar-refractivity contribution in [2.24, 2.45) is 0 Å². The number of aryl methyl sites for hydroxylation is 1. The lowest BCUT2D eigenvalue weighted by atomic mass is 10.4. The molecular weight excluding hydrogens is 174 g/mol. The average Bonchev–Trinajstić information content (AvgIpc) is 2.08. The molecule has 0 bridgehead atoms. The molecule has 0 fully saturated rings. The molecule has 0 radical (unpaired) electrons. The van der Waals surface area contributed by atoms with Gasteiger partial charge in [0.2, 0.25) is 5.95 Å². The third-order valence-electron chi connectivity index (χ3n) is 1.14. The van der Waals surface area contributed by atoms with Crippen molar-refractivity contribution < 1.29 is 14.7 Å². The number of nitrogens with zero attached hydrogens (tertiary/aromatic N) is 2. The molecule has 0 saturated heterocycles. The van der Waals surface area contributed by atoms with Crippen molar-refractivity contribution in [1.29, 1.82) is 0 Å². The molecule has 0 amide bonds. The van der Waals surface area contributed by atoms with E-state index in [1.165, 1.54) is 0 Å². The second kappa shape index (κ2) is 4.36. The number of carboxylic acid groups (broad SMARTS) is 1. The zero-order valence-corrected chi connectivity index (χ0v) is 7.02. The first-order valence-electron chi connectivity index (χ1n) is 3.57. The van der Waals surface area contributed by atoms with Crippen molar-refractivity contribution in [3.8, 4) is 0 Å². The van der Waals surface area contributed by atoms with Gasteiger partial charge in [0.25, 0.3) is 0 Å². The summed E-state index contributed by atoms with van der Waals surface area (Å²) in [5.74, 6) is -0.813. The van der Waals surface area contributed by atoms with E-state index in [-0.39, 0.29) is 5.95 Å². The van der Waals surface area contributed by atoms with Crippen molar-refractivity contribution in [3.05, 3.63) is 18.0 Å². The Kier molecular flexibility index (Phi) is 3.15. The fourth-order valence-corrected chi connectivity index (χ4v) is 0.608. The third-order valence-corrected chi connectivity index (χ3v) is 1.14. The molecule has 0 aliphatic carbocycles. The van der Waals surface area contributed by atoms with Crippen molar-refractivity contribution in [2.75, 3.05) is 12.1 Å². The van der Waals surface area contributed by atoms with Crippen molar-refractivity contribution in [3.63, 3.8) is 0 Å². The Balaban J connectivity index is 2.37. The van der Waals surface area contributed by atoms with Gasteiger partial charge in [0.1, 0.15) is 0 Å². The lowest BCUT2D eigenvalue weighted by Gasteiger charge is -2.01. The largest absolute Gasteiger partial charge is 0.479 e. The van der Waals surface area contributed by atoms with Crippen LogP contribution in [0.5, 0.6) is 0 Å². The number of carboxylic acids is 1. The molecule has 0 unspecified atom stereocenters. The molecule has 6 heteroatoms. The summed E-state index contributed by atoms with van der Waals surface area (Å²) in [6.07, 6.45) is 3.19. The number of anilines is 1. The number of hydrogen-bond acceptors (Lipinski definition) is 5. The molecule has 0 spiro atoms. The highest BCUT2D eigenvalue weighted by molar-refractivity contribution is 5.68. The Morgan fingerprint density at radius 1 is 1.62 bits per heavy atom. The first-order chi connectivity index (χ1) is 6.18. The molecule has 6 nitrogen and oxygen atoms in total. The first kappa shape index (κ1) is 9.40. The van der Waals surface area contributed by atoms with Crippen LogP contribution in [0.2, 0.25) is 0 Å². The monoisotopic (exact) mass is 183 g/mol. The van der Waals surface area contributed by atoms with Crippen molar-refractivity contribution in [1.82, 2.24) is 9.97 Å². The minimum absolute atomic E-state index is 0.242. The molecule has 70 valence electrons. The minimum Gasteiger partial charge on any atom is -0.479 e. The van der Waals surface area contributed by atoms with Crippen LogP contribution >= 0.6 is 0 Å². The van der Waals surface area contributed by atoms with Gasteiger partial charge in [-0.1, -0.05) is 0 Å². The standard InChI is InChI=1S/C7H9N3O3/c1-5-2-8-7(9-3-5)10-13-4-6(11)12/h2-3H,4H2,1H3,(H,11,12)(H,8,9,10). The molecule has 0 aliphatic rings. The highest BCUT2D eigenvalue weighted by Crippen LogP contribution is 1.97. The molecule has 0 aromatic carbocycles. The second-order valence-electron chi connectivity index (χ2n) is 2.37. The van der Waals surface area contributed by atoms with Gasteiger partial charge in [0.15, 0.2) is 6.61 Å². The van der Waals surface area contributed by atoms with E-state index in [2.05, 4.69) is 20.3 Å². The summed E-state index contributed by atoms with van der Waals surface area (Å²) in [5.41, 5.74) is 3.22. The number of aliphatic carboxylic acids is 1. The molecule has 0 aliphatic heterocycles. The summed E-state index contributed by atoms with van der Waals surface area (Å²) in [6.45, 7) is 1.42. The van der Waals surface area contributed by atoms with Gasteiger partial charge < -0.3 is 5.11 Å². The van der Waals surface area contributed by atoms with Crippen LogP contribution in [0.3, 0.4) is 0 Å². The van der Waals surface area contributed by atoms with Crippen LogP contribution in [0.4, 0.5) is 5.95 Å². The van der Waals surface area contributed by atoms with Crippen molar-refractivity contribution in [2.45, 2.75) is 6.92 Å². The van der Waals surface area contributed by atoms with Crippen LogP contribution in [0.15, 0.2) is 12.4 Å². The zero-order chi connectivity index (χ0) is 9.68. The van der Waals surface area contributed by atoms with E-state index in [4.69, 9.17) is 5.11 Å². The van der Waals surface area contributed by atoms with E-state index < -0.39 is 12.6 Å². The Morgan fingerprint density at radius 3 is 2.77 bits per heavy atom. The van der Waals surface area contributed by atoms with Crippen LogP contribution in [-0.2, 0) is 9.63 Å². The minimum atomic E-state index is -1.06. The SMILES string of the molecule is Cc1cnc(NOCC(=O)O)nc1. The highest BCUT2D eigenvalue weighted by atomic mass is 16.7. The topological polar surface area (TPSA) is 84.3 Å². The predicted molar refractivity (Wildman–Crippen MR) is 44.0 cm³/mol. The van der Waals surface area contributed by atoms with Gasteiger partial charge in [-0.3, -0.25) is 4.84 Å². The van der Waals surface area contributed by atoms with Crippen molar-refractivity contribution >= 4 is 11.9 Å². The highest BCUT2D eigenvalue weighted by Gasteiger charge is 1.97. The van der Waals surface area contributed by atoms with E-state index in [9.17, 15) is 4.79 Å². The summed E-state index contributed by atoms with van der Waals surface area (Å²) < 4.78 is 0. The van der Waals surface area contributed by atoms with Crippen LogP contribution in [0.1, 0.15) is 5.56 Å². The van der Waals surface area contributed by atoms with Crippen LogP contribution in [0, 0.1) is 6.92 Å². The normalized spacial score (nSPS) is 9.62. The number of rotatable bonds is 4. The molecular formula is C7H9N3O3. The lowest BCUT2D eigenvalue weighted by Crippen LogP contribution is -2.12. The predicted octanol–water partition coefficient (Wildman–Crippen LogP) is 0.213. The maximum atomic E-state index is 10.0. The van der Waals surface area contributed by atoms with Gasteiger partial charge in [0, 0.05) is 12.4 Å². The van der Waals surface area contributed by atoms with E-state index >= 15 is 0 Å².